The van der Waals surface area contributed by atoms with Crippen LogP contribution in [-0.4, -0.2) is 66.9 Å². The zero-order valence-electron chi connectivity index (χ0n) is 20.6. The van der Waals surface area contributed by atoms with Crippen LogP contribution in [0.15, 0.2) is 42.5 Å². The molecule has 1 amide bonds. The largest absolute Gasteiger partial charge is 0.462 e. The fourth-order valence-corrected chi connectivity index (χ4v) is 4.05. The molecule has 0 radical (unpaired) electrons. The maximum atomic E-state index is 14.0. The lowest BCUT2D eigenvalue weighted by Gasteiger charge is -2.42. The van der Waals surface area contributed by atoms with Crippen molar-refractivity contribution in [3.8, 4) is 16.9 Å². The molecule has 37 heavy (non-hydrogen) atoms. The van der Waals surface area contributed by atoms with Gasteiger partial charge in [0.25, 0.3) is 0 Å². The van der Waals surface area contributed by atoms with Gasteiger partial charge in [-0.15, -0.1) is 0 Å². The molecule has 11 heteroatoms. The Morgan fingerprint density at radius 2 is 1.73 bits per heavy atom. The van der Waals surface area contributed by atoms with Gasteiger partial charge >= 0.3 is 11.9 Å². The molecule has 3 rings (SSSR count). The Balaban J connectivity index is 1.91. The molecule has 1 saturated heterocycles. The smallest absolute Gasteiger partial charge is 0.303 e. The molecule has 1 heterocycles. The third-order valence-electron chi connectivity index (χ3n) is 5.61. The van der Waals surface area contributed by atoms with Crippen LogP contribution in [0.25, 0.3) is 11.1 Å². The molecule has 2 aromatic rings. The molecule has 200 valence electrons. The number of ether oxygens (including phenoxy) is 4. The Bertz CT molecular complexity index is 1130. The predicted octanol–water partition coefficient (Wildman–Crippen LogP) is 2.47. The molecule has 2 aromatic carbocycles. The van der Waals surface area contributed by atoms with Gasteiger partial charge in [0.05, 0.1) is 0 Å². The lowest BCUT2D eigenvalue weighted by Crippen LogP contribution is -2.62. The average Bonchev–Trinajstić information content (AvgIpc) is 2.83. The summed E-state index contributed by atoms with van der Waals surface area (Å²) < 4.78 is 49.4. The Morgan fingerprint density at radius 1 is 1.03 bits per heavy atom. The summed E-state index contributed by atoms with van der Waals surface area (Å²) in [6, 6.07) is 10.8. The first-order valence-electron chi connectivity index (χ1n) is 11.6. The number of amides is 1. The molecule has 1 aliphatic rings. The van der Waals surface area contributed by atoms with Gasteiger partial charge in [-0.3, -0.25) is 14.4 Å². The quantitative estimate of drug-likeness (QED) is 0.483. The topological polar surface area (TPSA) is 120 Å². The lowest BCUT2D eigenvalue weighted by molar-refractivity contribution is -0.281. The summed E-state index contributed by atoms with van der Waals surface area (Å²) in [6.07, 6.45) is -6.88. The number of hydrogen-bond acceptors (Lipinski definition) is 8. The van der Waals surface area contributed by atoms with Crippen molar-refractivity contribution in [2.45, 2.75) is 57.9 Å². The number of nitrogens with one attached hydrogen (secondary N) is 1. The molecule has 2 N–H and O–H groups in total. The van der Waals surface area contributed by atoms with Gasteiger partial charge in [0.2, 0.25) is 12.2 Å². The van der Waals surface area contributed by atoms with E-state index in [0.717, 1.165) is 19.4 Å². The molecule has 0 unspecified atom stereocenters. The summed E-state index contributed by atoms with van der Waals surface area (Å²) >= 11 is 0. The van der Waals surface area contributed by atoms with E-state index in [2.05, 4.69) is 5.32 Å². The van der Waals surface area contributed by atoms with Gasteiger partial charge in [0.15, 0.2) is 18.3 Å². The average molecular weight is 522 g/mol. The first-order chi connectivity index (χ1) is 17.6. The summed E-state index contributed by atoms with van der Waals surface area (Å²) in [7, 11) is 0. The number of hydrogen-bond donors (Lipinski definition) is 2. The second-order valence-electron chi connectivity index (χ2n) is 8.52. The van der Waals surface area contributed by atoms with Crippen molar-refractivity contribution in [1.82, 2.24) is 5.32 Å². The van der Waals surface area contributed by atoms with Crippen molar-refractivity contribution in [3.05, 3.63) is 53.8 Å². The molecule has 0 bridgehead atoms. The SMILES string of the molecule is CC(=O)NCCc1ccc(O[C@@H]2O[C@@H](CF)[C@H](OC(C)=O)[C@@H](OC(C)=O)[C@H]2O)cc1-c1cccc(F)c1. The van der Waals surface area contributed by atoms with Gasteiger partial charge in [-0.05, 0) is 47.4 Å². The zero-order chi connectivity index (χ0) is 27.1. The highest BCUT2D eigenvalue weighted by molar-refractivity contribution is 5.73. The predicted molar refractivity (Wildman–Crippen MR) is 127 cm³/mol. The fourth-order valence-electron chi connectivity index (χ4n) is 4.05. The molecule has 1 aliphatic heterocycles. The van der Waals surface area contributed by atoms with Crippen LogP contribution in [0.5, 0.6) is 5.75 Å². The van der Waals surface area contributed by atoms with E-state index in [0.29, 0.717) is 24.1 Å². The summed E-state index contributed by atoms with van der Waals surface area (Å²) in [4.78, 5) is 34.4. The van der Waals surface area contributed by atoms with Crippen LogP contribution in [0.1, 0.15) is 26.3 Å². The summed E-state index contributed by atoms with van der Waals surface area (Å²) in [5.41, 5.74) is 1.93. The van der Waals surface area contributed by atoms with E-state index >= 15 is 0 Å². The van der Waals surface area contributed by atoms with Crippen LogP contribution >= 0.6 is 0 Å². The van der Waals surface area contributed by atoms with E-state index in [4.69, 9.17) is 18.9 Å². The minimum atomic E-state index is -1.63. The minimum Gasteiger partial charge on any atom is -0.462 e. The Morgan fingerprint density at radius 3 is 2.35 bits per heavy atom. The van der Waals surface area contributed by atoms with Crippen molar-refractivity contribution in [2.24, 2.45) is 0 Å². The van der Waals surface area contributed by atoms with Crippen molar-refractivity contribution in [2.75, 3.05) is 13.2 Å². The third-order valence-corrected chi connectivity index (χ3v) is 5.61. The molecule has 0 saturated carbocycles. The molecule has 9 nitrogen and oxygen atoms in total. The van der Waals surface area contributed by atoms with Gasteiger partial charge in [-0.2, -0.15) is 0 Å². The van der Waals surface area contributed by atoms with Crippen molar-refractivity contribution in [3.63, 3.8) is 0 Å². The van der Waals surface area contributed by atoms with E-state index in [-0.39, 0.29) is 11.7 Å². The van der Waals surface area contributed by atoms with E-state index in [1.54, 1.807) is 30.3 Å². The summed E-state index contributed by atoms with van der Waals surface area (Å²) in [6.45, 7) is 2.83. The summed E-state index contributed by atoms with van der Waals surface area (Å²) in [5.74, 6) is -2.00. The molecule has 5 atom stereocenters. The van der Waals surface area contributed by atoms with Crippen LogP contribution in [0, 0.1) is 5.82 Å². The number of carbonyl (C=O) groups is 3. The van der Waals surface area contributed by atoms with Gasteiger partial charge in [-0.1, -0.05) is 18.2 Å². The highest BCUT2D eigenvalue weighted by Gasteiger charge is 2.50. The molecular weight excluding hydrogens is 492 g/mol. The zero-order valence-corrected chi connectivity index (χ0v) is 20.6. The normalized spacial score (nSPS) is 23.1. The maximum absolute atomic E-state index is 14.0. The van der Waals surface area contributed by atoms with Crippen LogP contribution in [0.3, 0.4) is 0 Å². The van der Waals surface area contributed by atoms with Crippen molar-refractivity contribution < 1.29 is 47.2 Å². The third kappa shape index (κ3) is 7.46. The van der Waals surface area contributed by atoms with Gasteiger partial charge in [0, 0.05) is 27.3 Å². The Kier molecular flexibility index (Phi) is 9.54. The van der Waals surface area contributed by atoms with E-state index in [9.17, 15) is 28.3 Å². The number of esters is 2. The number of alkyl halides is 1. The van der Waals surface area contributed by atoms with Crippen LogP contribution in [-0.2, 0) is 35.0 Å². The van der Waals surface area contributed by atoms with Gasteiger partial charge < -0.3 is 29.4 Å². The highest BCUT2D eigenvalue weighted by atomic mass is 19.1. The van der Waals surface area contributed by atoms with E-state index in [1.807, 2.05) is 0 Å². The van der Waals surface area contributed by atoms with Crippen LogP contribution in [0.4, 0.5) is 8.78 Å². The molecule has 0 aliphatic carbocycles. The number of aliphatic hydroxyl groups is 1. The molecule has 0 spiro atoms. The lowest BCUT2D eigenvalue weighted by atomic mass is 9.96. The van der Waals surface area contributed by atoms with Gasteiger partial charge in [-0.25, -0.2) is 8.78 Å². The summed E-state index contributed by atoms with van der Waals surface area (Å²) in [5, 5.41) is 13.6. The number of rotatable bonds is 9. The monoisotopic (exact) mass is 521 g/mol. The number of halogens is 2. The first-order valence-corrected chi connectivity index (χ1v) is 11.6. The standard InChI is InChI=1S/C26H29F2NO8/c1-14(30)29-10-9-17-7-8-20(12-21(17)18-5-4-6-19(28)11-18)36-26-23(33)25(35-16(3)32)24(34-15(2)31)22(13-27)37-26/h4-8,11-12,22-26,33H,9-10,13H2,1-3H3,(H,29,30)/t22-,23+,24-,25-,26+/m0/s1. The highest BCUT2D eigenvalue weighted by Crippen LogP contribution is 2.32. The maximum Gasteiger partial charge on any atom is 0.303 e. The number of carbonyl (C=O) groups excluding carboxylic acids is 3. The van der Waals surface area contributed by atoms with E-state index < -0.39 is 55.1 Å². The van der Waals surface area contributed by atoms with E-state index in [1.165, 1.54) is 19.1 Å². The minimum absolute atomic E-state index is 0.187. The number of aliphatic hydroxyl groups excluding tert-OH is 1. The second-order valence-corrected chi connectivity index (χ2v) is 8.52. The molecule has 0 aromatic heterocycles. The molecular formula is C26H29F2NO8. The number of benzene rings is 2. The van der Waals surface area contributed by atoms with Crippen molar-refractivity contribution >= 4 is 17.8 Å². The van der Waals surface area contributed by atoms with Gasteiger partial charge in [0.1, 0.15) is 24.3 Å². The molecule has 1 fully saturated rings. The fraction of sp³-hybridized carbons (Fsp3) is 0.423. The Labute approximate surface area is 212 Å². The second kappa shape index (κ2) is 12.6. The van der Waals surface area contributed by atoms with Crippen LogP contribution < -0.4 is 10.1 Å². The first kappa shape index (κ1) is 28.0. The Hall–Kier alpha value is -3.57. The van der Waals surface area contributed by atoms with Crippen molar-refractivity contribution in [1.29, 1.82) is 0 Å². The van der Waals surface area contributed by atoms with Crippen LogP contribution in [0.2, 0.25) is 0 Å².